The van der Waals surface area contributed by atoms with Gasteiger partial charge in [0.25, 0.3) is 5.91 Å². The average molecular weight is 428 g/mol. The second kappa shape index (κ2) is 8.34. The first-order valence-electron chi connectivity index (χ1n) is 10.7. The minimum absolute atomic E-state index is 0.145. The van der Waals surface area contributed by atoms with Gasteiger partial charge in [-0.1, -0.05) is 23.4 Å². The predicted molar refractivity (Wildman–Crippen MR) is 120 cm³/mol. The summed E-state index contributed by atoms with van der Waals surface area (Å²) in [6.07, 6.45) is 2.23. The zero-order valence-electron chi connectivity index (χ0n) is 18.0. The number of hydrogen-bond donors (Lipinski definition) is 1. The summed E-state index contributed by atoms with van der Waals surface area (Å²) in [5.41, 5.74) is 4.29. The molecule has 162 valence electrons. The van der Waals surface area contributed by atoms with Crippen LogP contribution >= 0.6 is 0 Å². The first-order chi connectivity index (χ1) is 15.6. The first kappa shape index (κ1) is 20.1. The topological polar surface area (TPSA) is 82.2 Å². The van der Waals surface area contributed by atoms with Crippen LogP contribution in [0.3, 0.4) is 0 Å². The normalized spacial score (nSPS) is 13.2. The molecule has 0 aliphatic heterocycles. The number of amides is 1. The van der Waals surface area contributed by atoms with Crippen molar-refractivity contribution >= 4 is 11.6 Å². The molecule has 32 heavy (non-hydrogen) atoms. The van der Waals surface area contributed by atoms with Crippen LogP contribution in [0.15, 0.2) is 65.2 Å². The molecule has 2 aromatic heterocycles. The number of aromatic nitrogens is 3. The lowest BCUT2D eigenvalue weighted by Gasteiger charge is -2.10. The monoisotopic (exact) mass is 428 g/mol. The molecule has 1 amide bonds. The molecule has 0 atom stereocenters. The van der Waals surface area contributed by atoms with E-state index in [9.17, 15) is 4.79 Å². The van der Waals surface area contributed by atoms with Crippen LogP contribution in [0.1, 0.15) is 52.2 Å². The Kier molecular flexibility index (Phi) is 5.23. The van der Waals surface area contributed by atoms with Gasteiger partial charge >= 0.3 is 0 Å². The number of para-hydroxylation sites is 1. The number of nitrogens with one attached hydrogen (secondary N) is 1. The first-order valence-corrected chi connectivity index (χ1v) is 10.7. The van der Waals surface area contributed by atoms with Crippen molar-refractivity contribution in [2.75, 3.05) is 5.32 Å². The van der Waals surface area contributed by atoms with Crippen LogP contribution in [0.2, 0.25) is 0 Å². The highest BCUT2D eigenvalue weighted by molar-refractivity contribution is 6.05. The van der Waals surface area contributed by atoms with Gasteiger partial charge in [-0.05, 0) is 69.2 Å². The summed E-state index contributed by atoms with van der Waals surface area (Å²) in [6, 6.07) is 19.2. The van der Waals surface area contributed by atoms with E-state index in [1.165, 1.54) is 0 Å². The predicted octanol–water partition coefficient (Wildman–Crippen LogP) is 5.19. The summed E-state index contributed by atoms with van der Waals surface area (Å²) < 4.78 is 13.1. The lowest BCUT2D eigenvalue weighted by molar-refractivity contribution is 0.102. The van der Waals surface area contributed by atoms with Gasteiger partial charge in [0.2, 0.25) is 11.7 Å². The molecule has 2 aromatic carbocycles. The lowest BCUT2D eigenvalue weighted by atomic mass is 10.2. The molecule has 1 aliphatic carbocycles. The van der Waals surface area contributed by atoms with Crippen LogP contribution < -0.4 is 10.1 Å². The minimum Gasteiger partial charge on any atom is -0.485 e. The number of hydrogen-bond acceptors (Lipinski definition) is 5. The molecule has 5 rings (SSSR count). The van der Waals surface area contributed by atoms with E-state index in [0.717, 1.165) is 29.9 Å². The Labute approximate surface area is 186 Å². The zero-order valence-corrected chi connectivity index (χ0v) is 18.0. The van der Waals surface area contributed by atoms with Crippen molar-refractivity contribution < 1.29 is 14.1 Å². The smallest absolute Gasteiger partial charge is 0.257 e. The molecule has 1 aliphatic rings. The number of aryl methyl sites for hydroxylation is 1. The highest BCUT2D eigenvalue weighted by atomic mass is 16.5. The van der Waals surface area contributed by atoms with Crippen LogP contribution in [0.25, 0.3) is 5.69 Å². The average Bonchev–Trinajstić information content (AvgIpc) is 3.47. The van der Waals surface area contributed by atoms with E-state index < -0.39 is 0 Å². The second-order valence-electron chi connectivity index (χ2n) is 8.05. The van der Waals surface area contributed by atoms with Gasteiger partial charge in [-0.2, -0.15) is 4.98 Å². The zero-order chi connectivity index (χ0) is 22.1. The van der Waals surface area contributed by atoms with Crippen molar-refractivity contribution in [3.8, 4) is 11.4 Å². The van der Waals surface area contributed by atoms with Gasteiger partial charge in [0.1, 0.15) is 5.75 Å². The molecule has 7 nitrogen and oxygen atoms in total. The van der Waals surface area contributed by atoms with Gasteiger partial charge in [0, 0.05) is 28.7 Å². The van der Waals surface area contributed by atoms with Gasteiger partial charge in [-0.15, -0.1) is 0 Å². The third kappa shape index (κ3) is 4.14. The number of rotatable bonds is 7. The van der Waals surface area contributed by atoms with E-state index in [0.29, 0.717) is 34.6 Å². The van der Waals surface area contributed by atoms with Gasteiger partial charge in [0.15, 0.2) is 6.61 Å². The number of nitrogens with zero attached hydrogens (tertiary/aromatic N) is 3. The highest BCUT2D eigenvalue weighted by Crippen LogP contribution is 2.38. The Morgan fingerprint density at radius 2 is 1.88 bits per heavy atom. The Balaban J connectivity index is 1.23. The van der Waals surface area contributed by atoms with Crippen molar-refractivity contribution in [1.29, 1.82) is 0 Å². The van der Waals surface area contributed by atoms with E-state index in [4.69, 9.17) is 9.26 Å². The van der Waals surface area contributed by atoms with Crippen LogP contribution in [-0.4, -0.2) is 20.6 Å². The molecule has 0 bridgehead atoms. The third-order valence-electron chi connectivity index (χ3n) is 5.58. The van der Waals surface area contributed by atoms with E-state index in [2.05, 4.69) is 20.0 Å². The van der Waals surface area contributed by atoms with E-state index >= 15 is 0 Å². The van der Waals surface area contributed by atoms with Crippen molar-refractivity contribution in [2.45, 2.75) is 39.2 Å². The maximum atomic E-state index is 12.9. The molecule has 1 fully saturated rings. The molecule has 0 unspecified atom stereocenters. The van der Waals surface area contributed by atoms with Gasteiger partial charge < -0.3 is 19.1 Å². The molecular formula is C25H24N4O3. The van der Waals surface area contributed by atoms with Crippen LogP contribution in [0, 0.1) is 13.8 Å². The molecule has 7 heteroatoms. The lowest BCUT2D eigenvalue weighted by Crippen LogP contribution is -2.13. The number of anilines is 1. The molecule has 2 heterocycles. The molecule has 0 saturated heterocycles. The summed E-state index contributed by atoms with van der Waals surface area (Å²) >= 11 is 0. The van der Waals surface area contributed by atoms with Crippen molar-refractivity contribution in [1.82, 2.24) is 14.7 Å². The van der Waals surface area contributed by atoms with E-state index in [1.807, 2.05) is 74.5 Å². The molecule has 1 N–H and O–H groups in total. The summed E-state index contributed by atoms with van der Waals surface area (Å²) in [5.74, 6) is 2.19. The summed E-state index contributed by atoms with van der Waals surface area (Å²) in [7, 11) is 0. The van der Waals surface area contributed by atoms with Gasteiger partial charge in [-0.25, -0.2) is 0 Å². The van der Waals surface area contributed by atoms with Gasteiger partial charge in [0.05, 0.1) is 5.56 Å². The Bertz CT molecular complexity index is 1240. The maximum absolute atomic E-state index is 12.9. The van der Waals surface area contributed by atoms with Crippen LogP contribution in [0.5, 0.6) is 5.75 Å². The fourth-order valence-corrected chi connectivity index (χ4v) is 3.77. The molecule has 4 aromatic rings. The fraction of sp³-hybridized carbons (Fsp3) is 0.240. The molecule has 0 spiro atoms. The summed E-state index contributed by atoms with van der Waals surface area (Å²) in [6.45, 7) is 4.20. The highest BCUT2D eigenvalue weighted by Gasteiger charge is 2.29. The fourth-order valence-electron chi connectivity index (χ4n) is 3.77. The number of carbonyl (C=O) groups is 1. The number of carbonyl (C=O) groups excluding carboxylic acids is 1. The maximum Gasteiger partial charge on any atom is 0.257 e. The summed E-state index contributed by atoms with van der Waals surface area (Å²) in [5, 5.41) is 6.92. The van der Waals surface area contributed by atoms with Crippen molar-refractivity contribution in [2.24, 2.45) is 0 Å². The third-order valence-corrected chi connectivity index (χ3v) is 5.58. The quantitative estimate of drug-likeness (QED) is 0.438. The van der Waals surface area contributed by atoms with Crippen LogP contribution in [0.4, 0.5) is 5.69 Å². The van der Waals surface area contributed by atoms with Crippen LogP contribution in [-0.2, 0) is 6.61 Å². The molecule has 1 saturated carbocycles. The summed E-state index contributed by atoms with van der Waals surface area (Å²) in [4.78, 5) is 17.3. The van der Waals surface area contributed by atoms with E-state index in [-0.39, 0.29) is 12.5 Å². The second-order valence-corrected chi connectivity index (χ2v) is 8.05. The molecule has 0 radical (unpaired) electrons. The largest absolute Gasteiger partial charge is 0.485 e. The number of benzene rings is 2. The van der Waals surface area contributed by atoms with Crippen molar-refractivity contribution in [3.63, 3.8) is 0 Å². The standard InChI is InChI=1S/C25H24N4O3/c1-16-14-22(17(2)29(16)20-6-4-3-5-7-20)24(30)26-19-10-12-21(13-11-19)31-15-23-27-25(32-28-23)18-8-9-18/h3-7,10-14,18H,8-9,15H2,1-2H3,(H,26,30). The minimum atomic E-state index is -0.145. The SMILES string of the molecule is Cc1cc(C(=O)Nc2ccc(OCc3noc(C4CC4)n3)cc2)c(C)n1-c1ccccc1. The van der Waals surface area contributed by atoms with Gasteiger partial charge in [-0.3, -0.25) is 4.79 Å². The Morgan fingerprint density at radius 1 is 1.12 bits per heavy atom. The Morgan fingerprint density at radius 3 is 2.59 bits per heavy atom. The Hall–Kier alpha value is -3.87. The number of ether oxygens (including phenoxy) is 1. The van der Waals surface area contributed by atoms with Crippen molar-refractivity contribution in [3.05, 3.63) is 89.3 Å². The van der Waals surface area contributed by atoms with E-state index in [1.54, 1.807) is 0 Å². The molecular weight excluding hydrogens is 404 g/mol.